The van der Waals surface area contributed by atoms with E-state index in [-0.39, 0.29) is 11.5 Å². The number of fused-ring (bicyclic) bond motifs is 4. The Hall–Kier alpha value is -0.820. The standard InChI is InChI=1S/C19H26O/c1-12-3-5-14-13(11-12)4-6-16-15(14)9-10-19(2)17(16)7-8-18(19)20/h9,16-18,20H,1,3-8,10-11H2,2H3. The van der Waals surface area contributed by atoms with Crippen molar-refractivity contribution in [1.82, 2.24) is 0 Å². The Bertz CT molecular complexity index is 524. The molecule has 0 aromatic carbocycles. The topological polar surface area (TPSA) is 20.2 Å². The molecule has 1 saturated carbocycles. The summed E-state index contributed by atoms with van der Waals surface area (Å²) in [6, 6.07) is 0. The molecular formula is C19H26O. The monoisotopic (exact) mass is 270 g/mol. The molecule has 0 bridgehead atoms. The molecule has 0 radical (unpaired) electrons. The molecule has 4 rings (SSSR count). The van der Waals surface area contributed by atoms with Gasteiger partial charge in [-0.25, -0.2) is 0 Å². The van der Waals surface area contributed by atoms with Crippen molar-refractivity contribution < 1.29 is 5.11 Å². The second-order valence-electron chi connectivity index (χ2n) is 7.72. The zero-order chi connectivity index (χ0) is 13.9. The Balaban J connectivity index is 1.73. The normalized spacial score (nSPS) is 43.8. The van der Waals surface area contributed by atoms with Crippen LogP contribution in [0.15, 0.2) is 34.9 Å². The molecule has 1 fully saturated rings. The lowest BCUT2D eigenvalue weighted by Gasteiger charge is -2.47. The molecule has 1 heteroatoms. The fourth-order valence-electron chi connectivity index (χ4n) is 5.49. The molecule has 1 N–H and O–H groups in total. The van der Waals surface area contributed by atoms with Gasteiger partial charge in [-0.2, -0.15) is 0 Å². The molecule has 0 aromatic rings. The van der Waals surface area contributed by atoms with Crippen molar-refractivity contribution in [1.29, 1.82) is 0 Å². The predicted octanol–water partition coefficient (Wildman–Crippen LogP) is 4.54. The summed E-state index contributed by atoms with van der Waals surface area (Å²) in [5.41, 5.74) is 6.64. The van der Waals surface area contributed by atoms with Crippen molar-refractivity contribution in [3.63, 3.8) is 0 Å². The molecular weight excluding hydrogens is 244 g/mol. The number of rotatable bonds is 0. The van der Waals surface area contributed by atoms with Crippen molar-refractivity contribution in [2.45, 2.75) is 64.4 Å². The van der Waals surface area contributed by atoms with E-state index in [0.717, 1.165) is 31.1 Å². The van der Waals surface area contributed by atoms with Gasteiger partial charge in [0.1, 0.15) is 0 Å². The van der Waals surface area contributed by atoms with E-state index in [1.807, 2.05) is 0 Å². The van der Waals surface area contributed by atoms with Gasteiger partial charge in [0.05, 0.1) is 6.10 Å². The largest absolute Gasteiger partial charge is 0.393 e. The van der Waals surface area contributed by atoms with E-state index >= 15 is 0 Å². The third-order valence-corrected chi connectivity index (χ3v) is 6.73. The Morgan fingerprint density at radius 3 is 2.90 bits per heavy atom. The average molecular weight is 270 g/mol. The van der Waals surface area contributed by atoms with E-state index in [1.54, 1.807) is 16.7 Å². The van der Waals surface area contributed by atoms with Crippen LogP contribution in [0.4, 0.5) is 0 Å². The molecule has 4 unspecified atom stereocenters. The molecule has 0 amide bonds. The van der Waals surface area contributed by atoms with E-state index in [9.17, 15) is 5.11 Å². The minimum Gasteiger partial charge on any atom is -0.393 e. The molecule has 0 spiro atoms. The van der Waals surface area contributed by atoms with E-state index in [0.29, 0.717) is 0 Å². The summed E-state index contributed by atoms with van der Waals surface area (Å²) in [5.74, 6) is 1.45. The highest BCUT2D eigenvalue weighted by atomic mass is 16.3. The summed E-state index contributed by atoms with van der Waals surface area (Å²) in [5, 5.41) is 10.4. The van der Waals surface area contributed by atoms with Gasteiger partial charge in [-0.3, -0.25) is 0 Å². The van der Waals surface area contributed by atoms with Crippen LogP contribution in [0, 0.1) is 17.3 Å². The van der Waals surface area contributed by atoms with Crippen LogP contribution in [0.5, 0.6) is 0 Å². The lowest BCUT2D eigenvalue weighted by Crippen LogP contribution is -2.40. The fourth-order valence-corrected chi connectivity index (χ4v) is 5.49. The van der Waals surface area contributed by atoms with Crippen LogP contribution in [-0.4, -0.2) is 11.2 Å². The lowest BCUT2D eigenvalue weighted by atomic mass is 9.58. The molecule has 4 atom stereocenters. The predicted molar refractivity (Wildman–Crippen MR) is 82.3 cm³/mol. The Morgan fingerprint density at radius 2 is 2.05 bits per heavy atom. The van der Waals surface area contributed by atoms with Gasteiger partial charge < -0.3 is 5.11 Å². The van der Waals surface area contributed by atoms with Crippen LogP contribution >= 0.6 is 0 Å². The third-order valence-electron chi connectivity index (χ3n) is 6.73. The number of hydrogen-bond donors (Lipinski definition) is 1. The summed E-state index contributed by atoms with van der Waals surface area (Å²) >= 11 is 0. The van der Waals surface area contributed by atoms with E-state index in [4.69, 9.17) is 0 Å². The van der Waals surface area contributed by atoms with Crippen molar-refractivity contribution >= 4 is 0 Å². The number of aliphatic hydroxyl groups excluding tert-OH is 1. The van der Waals surface area contributed by atoms with Gasteiger partial charge >= 0.3 is 0 Å². The summed E-state index contributed by atoms with van der Waals surface area (Å²) in [6.07, 6.45) is 11.9. The van der Waals surface area contributed by atoms with E-state index < -0.39 is 0 Å². The zero-order valence-electron chi connectivity index (χ0n) is 12.6. The molecule has 0 aliphatic heterocycles. The lowest BCUT2D eigenvalue weighted by molar-refractivity contribution is 0.0204. The molecule has 4 aliphatic carbocycles. The van der Waals surface area contributed by atoms with Gasteiger partial charge in [0, 0.05) is 5.41 Å². The van der Waals surface area contributed by atoms with Crippen molar-refractivity contribution in [3.05, 3.63) is 34.9 Å². The maximum absolute atomic E-state index is 10.4. The first kappa shape index (κ1) is 12.9. The average Bonchev–Trinajstić information content (AvgIpc) is 2.74. The maximum atomic E-state index is 10.4. The molecule has 4 aliphatic rings. The van der Waals surface area contributed by atoms with Gasteiger partial charge in [-0.1, -0.05) is 30.7 Å². The highest BCUT2D eigenvalue weighted by Gasteiger charge is 2.52. The Kier molecular flexibility index (Phi) is 2.79. The molecule has 1 nitrogen and oxygen atoms in total. The van der Waals surface area contributed by atoms with Crippen molar-refractivity contribution in [2.75, 3.05) is 0 Å². The zero-order valence-corrected chi connectivity index (χ0v) is 12.6. The first-order chi connectivity index (χ1) is 9.59. The SMILES string of the molecule is C=C1CCC2=C(CCC3C2=CCC2(C)C(O)CCC32)C1. The molecule has 0 saturated heterocycles. The highest BCUT2D eigenvalue weighted by Crippen LogP contribution is 2.59. The molecule has 20 heavy (non-hydrogen) atoms. The smallest absolute Gasteiger partial charge is 0.0599 e. The number of aliphatic hydroxyl groups is 1. The fraction of sp³-hybridized carbons (Fsp3) is 0.684. The summed E-state index contributed by atoms with van der Waals surface area (Å²) in [4.78, 5) is 0. The summed E-state index contributed by atoms with van der Waals surface area (Å²) in [7, 11) is 0. The van der Waals surface area contributed by atoms with E-state index in [1.165, 1.54) is 37.7 Å². The van der Waals surface area contributed by atoms with Crippen LogP contribution in [0.25, 0.3) is 0 Å². The summed E-state index contributed by atoms with van der Waals surface area (Å²) < 4.78 is 0. The van der Waals surface area contributed by atoms with Crippen LogP contribution in [-0.2, 0) is 0 Å². The van der Waals surface area contributed by atoms with Gasteiger partial charge in [-0.05, 0) is 74.3 Å². The Morgan fingerprint density at radius 1 is 1.20 bits per heavy atom. The third kappa shape index (κ3) is 1.65. The van der Waals surface area contributed by atoms with Crippen molar-refractivity contribution in [3.8, 4) is 0 Å². The van der Waals surface area contributed by atoms with Gasteiger partial charge in [0.25, 0.3) is 0 Å². The molecule has 0 aromatic heterocycles. The second kappa shape index (κ2) is 4.34. The van der Waals surface area contributed by atoms with Crippen LogP contribution < -0.4 is 0 Å². The quantitative estimate of drug-likeness (QED) is 0.641. The van der Waals surface area contributed by atoms with Gasteiger partial charge in [-0.15, -0.1) is 0 Å². The maximum Gasteiger partial charge on any atom is 0.0599 e. The van der Waals surface area contributed by atoms with Crippen molar-refractivity contribution in [2.24, 2.45) is 17.3 Å². The number of hydrogen-bond acceptors (Lipinski definition) is 1. The molecule has 0 heterocycles. The van der Waals surface area contributed by atoms with Gasteiger partial charge in [0.15, 0.2) is 0 Å². The summed E-state index contributed by atoms with van der Waals surface area (Å²) in [6.45, 7) is 6.53. The Labute approximate surface area is 122 Å². The van der Waals surface area contributed by atoms with Crippen LogP contribution in [0.2, 0.25) is 0 Å². The second-order valence-corrected chi connectivity index (χ2v) is 7.72. The van der Waals surface area contributed by atoms with E-state index in [2.05, 4.69) is 19.6 Å². The highest BCUT2D eigenvalue weighted by molar-refractivity contribution is 5.46. The first-order valence-corrected chi connectivity index (χ1v) is 8.35. The minimum atomic E-state index is -0.0770. The first-order valence-electron chi connectivity index (χ1n) is 8.35. The molecule has 108 valence electrons. The van der Waals surface area contributed by atoms with Crippen LogP contribution in [0.1, 0.15) is 58.3 Å². The minimum absolute atomic E-state index is 0.0770. The van der Waals surface area contributed by atoms with Gasteiger partial charge in [0.2, 0.25) is 0 Å². The van der Waals surface area contributed by atoms with Crippen LogP contribution in [0.3, 0.4) is 0 Å². The number of allylic oxidation sites excluding steroid dienone is 5.